The molecule has 2 N–H and O–H groups in total. The van der Waals surface area contributed by atoms with Crippen LogP contribution in [0.1, 0.15) is 30.8 Å². The lowest BCUT2D eigenvalue weighted by Crippen LogP contribution is -2.49. The molecule has 0 radical (unpaired) electrons. The molecule has 31 heavy (non-hydrogen) atoms. The summed E-state index contributed by atoms with van der Waals surface area (Å²) in [6.45, 7) is 4.89. The summed E-state index contributed by atoms with van der Waals surface area (Å²) in [5.41, 5.74) is 1.96. The molecular weight excluding hydrogens is 503 g/mol. The summed E-state index contributed by atoms with van der Waals surface area (Å²) >= 11 is 0. The van der Waals surface area contributed by atoms with Crippen LogP contribution in [0.15, 0.2) is 47.6 Å². The van der Waals surface area contributed by atoms with E-state index in [2.05, 4.69) is 47.8 Å². The zero-order valence-electron chi connectivity index (χ0n) is 18.2. The van der Waals surface area contributed by atoms with Crippen molar-refractivity contribution in [3.05, 3.63) is 54.1 Å². The van der Waals surface area contributed by atoms with Crippen LogP contribution in [-0.4, -0.2) is 58.3 Å². The van der Waals surface area contributed by atoms with Crippen molar-refractivity contribution in [1.29, 1.82) is 0 Å². The van der Waals surface area contributed by atoms with Crippen LogP contribution in [0, 0.1) is 6.92 Å². The Balaban J connectivity index is 0.00000272. The molecule has 0 bridgehead atoms. The molecule has 0 unspecified atom stereocenters. The van der Waals surface area contributed by atoms with Gasteiger partial charge in [0.1, 0.15) is 11.6 Å². The Morgan fingerprint density at radius 3 is 2.74 bits per heavy atom. The van der Waals surface area contributed by atoms with Crippen LogP contribution < -0.4 is 15.5 Å². The van der Waals surface area contributed by atoms with Crippen LogP contribution in [0.2, 0.25) is 0 Å². The maximum atomic E-state index is 4.65. The number of anilines is 1. The number of nitrogens with one attached hydrogen (secondary N) is 2. The fourth-order valence-electron chi connectivity index (χ4n) is 3.86. The molecule has 1 aliphatic heterocycles. The third-order valence-electron chi connectivity index (χ3n) is 5.51. The average Bonchev–Trinajstić information content (AvgIpc) is 3.19. The van der Waals surface area contributed by atoms with Gasteiger partial charge in [-0.25, -0.2) is 4.98 Å². The Bertz CT molecular complexity index is 994. The molecule has 3 aromatic heterocycles. The molecule has 4 rings (SSSR count). The zero-order chi connectivity index (χ0) is 20.8. The Kier molecular flexibility index (Phi) is 8.44. The molecule has 166 valence electrons. The Morgan fingerprint density at radius 2 is 1.97 bits per heavy atom. The lowest BCUT2D eigenvalue weighted by atomic mass is 10.1. The molecule has 0 saturated carbocycles. The van der Waals surface area contributed by atoms with Gasteiger partial charge in [0.2, 0.25) is 0 Å². The smallest absolute Gasteiger partial charge is 0.191 e. The minimum atomic E-state index is 0. The lowest BCUT2D eigenvalue weighted by Gasteiger charge is -2.34. The minimum absolute atomic E-state index is 0. The van der Waals surface area contributed by atoms with E-state index in [0.717, 1.165) is 74.3 Å². The quantitative estimate of drug-likeness (QED) is 0.219. The maximum Gasteiger partial charge on any atom is 0.191 e. The summed E-state index contributed by atoms with van der Waals surface area (Å²) in [5.74, 6) is 2.94. The van der Waals surface area contributed by atoms with E-state index in [9.17, 15) is 0 Å². The highest BCUT2D eigenvalue weighted by Gasteiger charge is 2.20. The second kappa shape index (κ2) is 11.3. The van der Waals surface area contributed by atoms with Gasteiger partial charge in [0.15, 0.2) is 11.6 Å². The van der Waals surface area contributed by atoms with Gasteiger partial charge in [-0.1, -0.05) is 12.1 Å². The second-order valence-electron chi connectivity index (χ2n) is 7.69. The third-order valence-corrected chi connectivity index (χ3v) is 5.51. The van der Waals surface area contributed by atoms with Crippen molar-refractivity contribution in [2.24, 2.45) is 4.99 Å². The first-order chi connectivity index (χ1) is 14.7. The number of fused-ring (bicyclic) bond motifs is 1. The van der Waals surface area contributed by atoms with Gasteiger partial charge in [-0.2, -0.15) is 0 Å². The van der Waals surface area contributed by atoms with Gasteiger partial charge in [-0.15, -0.1) is 34.2 Å². The van der Waals surface area contributed by atoms with Gasteiger partial charge in [0.05, 0.1) is 0 Å². The highest BCUT2D eigenvalue weighted by atomic mass is 127. The normalized spacial score (nSPS) is 15.0. The van der Waals surface area contributed by atoms with Crippen LogP contribution in [0.25, 0.3) is 5.65 Å². The summed E-state index contributed by atoms with van der Waals surface area (Å²) in [4.78, 5) is 11.4. The van der Waals surface area contributed by atoms with E-state index in [0.29, 0.717) is 6.04 Å². The van der Waals surface area contributed by atoms with Gasteiger partial charge < -0.3 is 15.5 Å². The third kappa shape index (κ3) is 6.05. The first kappa shape index (κ1) is 23.2. The largest absolute Gasteiger partial charge is 0.356 e. The van der Waals surface area contributed by atoms with Crippen molar-refractivity contribution < 1.29 is 0 Å². The number of piperidine rings is 1. The first-order valence-electron chi connectivity index (χ1n) is 10.7. The average molecular weight is 534 g/mol. The molecule has 9 heteroatoms. The molecular formula is C22H31IN8. The van der Waals surface area contributed by atoms with E-state index >= 15 is 0 Å². The number of halogens is 1. The van der Waals surface area contributed by atoms with E-state index in [1.54, 1.807) is 0 Å². The van der Waals surface area contributed by atoms with Gasteiger partial charge in [-0.3, -0.25) is 9.39 Å². The summed E-state index contributed by atoms with van der Waals surface area (Å²) in [6.07, 6.45) is 5.99. The Hall–Kier alpha value is -2.43. The molecule has 0 aromatic carbocycles. The topological polar surface area (TPSA) is 82.7 Å². The minimum Gasteiger partial charge on any atom is -0.356 e. The number of nitrogens with zero attached hydrogens (tertiary/aromatic N) is 6. The van der Waals surface area contributed by atoms with E-state index in [4.69, 9.17) is 0 Å². The van der Waals surface area contributed by atoms with E-state index in [1.165, 1.54) is 0 Å². The number of hydrogen-bond acceptors (Lipinski definition) is 5. The highest BCUT2D eigenvalue weighted by Crippen LogP contribution is 2.18. The van der Waals surface area contributed by atoms with Gasteiger partial charge in [-0.05, 0) is 50.5 Å². The number of rotatable bonds is 6. The molecule has 3 aromatic rings. The number of pyridine rings is 2. The van der Waals surface area contributed by atoms with Crippen LogP contribution in [0.4, 0.5) is 5.82 Å². The van der Waals surface area contributed by atoms with E-state index in [1.807, 2.05) is 48.8 Å². The summed E-state index contributed by atoms with van der Waals surface area (Å²) in [7, 11) is 1.83. The molecule has 4 heterocycles. The second-order valence-corrected chi connectivity index (χ2v) is 7.69. The van der Waals surface area contributed by atoms with E-state index < -0.39 is 0 Å². The number of aromatic nitrogens is 4. The Labute approximate surface area is 200 Å². The summed E-state index contributed by atoms with van der Waals surface area (Å²) < 4.78 is 2.05. The van der Waals surface area contributed by atoms with Crippen LogP contribution in [0.3, 0.4) is 0 Å². The van der Waals surface area contributed by atoms with Crippen molar-refractivity contribution in [1.82, 2.24) is 30.2 Å². The number of aryl methyl sites for hydroxylation is 2. The van der Waals surface area contributed by atoms with Gasteiger partial charge in [0.25, 0.3) is 0 Å². The van der Waals surface area contributed by atoms with Gasteiger partial charge >= 0.3 is 0 Å². The van der Waals surface area contributed by atoms with Crippen LogP contribution >= 0.6 is 24.0 Å². The summed E-state index contributed by atoms with van der Waals surface area (Å²) in [5, 5.41) is 15.5. The zero-order valence-corrected chi connectivity index (χ0v) is 20.5. The fraction of sp³-hybridized carbons (Fsp3) is 0.455. The predicted molar refractivity (Wildman–Crippen MR) is 135 cm³/mol. The molecule has 0 amide bonds. The van der Waals surface area contributed by atoms with Crippen molar-refractivity contribution >= 4 is 41.4 Å². The first-order valence-corrected chi connectivity index (χ1v) is 10.7. The molecule has 0 atom stereocenters. The van der Waals surface area contributed by atoms with Gasteiger partial charge in [0, 0.05) is 51.0 Å². The number of hydrogen-bond donors (Lipinski definition) is 2. The molecule has 1 fully saturated rings. The molecule has 0 spiro atoms. The number of aliphatic imine (C=N–C) groups is 1. The maximum absolute atomic E-state index is 4.65. The van der Waals surface area contributed by atoms with Crippen molar-refractivity contribution in [3.8, 4) is 0 Å². The monoisotopic (exact) mass is 534 g/mol. The molecule has 0 aliphatic carbocycles. The highest BCUT2D eigenvalue weighted by molar-refractivity contribution is 14.0. The summed E-state index contributed by atoms with van der Waals surface area (Å²) in [6, 6.07) is 12.6. The fourth-order valence-corrected chi connectivity index (χ4v) is 3.86. The molecule has 1 saturated heterocycles. The van der Waals surface area contributed by atoms with Crippen molar-refractivity contribution in [2.45, 2.75) is 38.6 Å². The van der Waals surface area contributed by atoms with Crippen LogP contribution in [-0.2, 0) is 6.42 Å². The lowest BCUT2D eigenvalue weighted by molar-refractivity contribution is 0.459. The predicted octanol–water partition coefficient (Wildman–Crippen LogP) is 2.82. The number of guanidine groups is 1. The van der Waals surface area contributed by atoms with Crippen molar-refractivity contribution in [2.75, 3.05) is 31.6 Å². The SMILES string of the molecule is CN=C(NCCCc1nnc2ccccn12)NC1CCN(c2cccc(C)n2)CC1.I. The standard InChI is InChI=1S/C22H30N8.HI/c1-17-7-5-9-19(25-17)29-15-11-18(12-16-29)26-22(23-2)24-13-6-10-21-28-27-20-8-3-4-14-30(20)21;/h3-5,7-9,14,18H,6,10-13,15-16H2,1-2H3,(H2,23,24,26);1H. The molecule has 8 nitrogen and oxygen atoms in total. The van der Waals surface area contributed by atoms with E-state index in [-0.39, 0.29) is 24.0 Å². The van der Waals surface area contributed by atoms with Crippen LogP contribution in [0.5, 0.6) is 0 Å². The Morgan fingerprint density at radius 1 is 1.13 bits per heavy atom. The molecule has 1 aliphatic rings. The van der Waals surface area contributed by atoms with Crippen molar-refractivity contribution in [3.63, 3.8) is 0 Å².